The van der Waals surface area contributed by atoms with Crippen LogP contribution in [0.3, 0.4) is 0 Å². The van der Waals surface area contributed by atoms with Crippen molar-refractivity contribution in [1.82, 2.24) is 0 Å². The van der Waals surface area contributed by atoms with Crippen molar-refractivity contribution in [2.24, 2.45) is 0 Å². The van der Waals surface area contributed by atoms with Crippen LogP contribution in [0, 0.1) is 0 Å². The topological polar surface area (TPSA) is 38.7 Å². The number of rotatable bonds is 1. The van der Waals surface area contributed by atoms with Crippen molar-refractivity contribution in [2.45, 2.75) is 38.0 Å². The summed E-state index contributed by atoms with van der Waals surface area (Å²) in [6.07, 6.45) is -8.46. The Morgan fingerprint density at radius 3 is 2.31 bits per heavy atom. The molecule has 1 fully saturated rings. The van der Waals surface area contributed by atoms with E-state index in [2.05, 4.69) is 0 Å². The Hall–Kier alpha value is -0.330. The zero-order valence-electron chi connectivity index (χ0n) is 7.26. The molecule has 0 radical (unpaired) electrons. The molecule has 0 aromatic rings. The number of alkyl halides is 3. The van der Waals surface area contributed by atoms with Crippen LogP contribution in [-0.4, -0.2) is 35.9 Å². The average Bonchev–Trinajstić information content (AvgIpc) is 2.26. The molecule has 1 rings (SSSR count). The van der Waals surface area contributed by atoms with Gasteiger partial charge < -0.3 is 14.6 Å². The fraction of sp³-hybridized carbons (Fsp3) is 1.00. The first kappa shape index (κ1) is 10.7. The number of hydrogen-bond donors (Lipinski definition) is 1. The van der Waals surface area contributed by atoms with Crippen LogP contribution in [0.5, 0.6) is 0 Å². The van der Waals surface area contributed by atoms with Gasteiger partial charge in [0.05, 0.1) is 6.61 Å². The molecule has 0 aromatic heterocycles. The van der Waals surface area contributed by atoms with Gasteiger partial charge in [-0.2, -0.15) is 13.2 Å². The zero-order chi connectivity index (χ0) is 10.3. The minimum Gasteiger partial charge on any atom is -0.381 e. The van der Waals surface area contributed by atoms with Crippen LogP contribution in [0.25, 0.3) is 0 Å². The van der Waals surface area contributed by atoms with Gasteiger partial charge in [-0.25, -0.2) is 0 Å². The second-order valence-electron chi connectivity index (χ2n) is 3.35. The SMILES string of the molecule is CC1(C)OCC([C@@H](O)C(F)(F)F)O1. The van der Waals surface area contributed by atoms with Crippen LogP contribution in [0.4, 0.5) is 13.2 Å². The quantitative estimate of drug-likeness (QED) is 0.687. The molecule has 78 valence electrons. The van der Waals surface area contributed by atoms with Crippen LogP contribution in [0.1, 0.15) is 13.8 Å². The predicted octanol–water partition coefficient (Wildman–Crippen LogP) is 1.06. The van der Waals surface area contributed by atoms with Crippen molar-refractivity contribution >= 4 is 0 Å². The van der Waals surface area contributed by atoms with Crippen molar-refractivity contribution < 1.29 is 27.8 Å². The van der Waals surface area contributed by atoms with Crippen molar-refractivity contribution in [3.63, 3.8) is 0 Å². The largest absolute Gasteiger partial charge is 0.417 e. The molecule has 1 unspecified atom stereocenters. The summed E-state index contributed by atoms with van der Waals surface area (Å²) in [5.41, 5.74) is 0. The van der Waals surface area contributed by atoms with E-state index in [4.69, 9.17) is 14.6 Å². The van der Waals surface area contributed by atoms with E-state index in [1.807, 2.05) is 0 Å². The Labute approximate surface area is 73.4 Å². The summed E-state index contributed by atoms with van der Waals surface area (Å²) in [5.74, 6) is -1.04. The molecule has 0 spiro atoms. The lowest BCUT2D eigenvalue weighted by molar-refractivity contribution is -0.241. The lowest BCUT2D eigenvalue weighted by Gasteiger charge is -2.21. The third-order valence-corrected chi connectivity index (χ3v) is 1.72. The van der Waals surface area contributed by atoms with E-state index in [1.54, 1.807) is 0 Å². The number of halogens is 3. The van der Waals surface area contributed by atoms with Gasteiger partial charge in [-0.3, -0.25) is 0 Å². The molecule has 1 aliphatic heterocycles. The smallest absolute Gasteiger partial charge is 0.381 e. The summed E-state index contributed by atoms with van der Waals surface area (Å²) in [4.78, 5) is 0. The summed E-state index contributed by atoms with van der Waals surface area (Å²) in [6, 6.07) is 0. The van der Waals surface area contributed by atoms with E-state index in [0.717, 1.165) is 0 Å². The Morgan fingerprint density at radius 2 is 2.00 bits per heavy atom. The second-order valence-corrected chi connectivity index (χ2v) is 3.35. The summed E-state index contributed by atoms with van der Waals surface area (Å²) in [6.45, 7) is 2.75. The van der Waals surface area contributed by atoms with Gasteiger partial charge in [0, 0.05) is 0 Å². The third kappa shape index (κ3) is 2.55. The van der Waals surface area contributed by atoms with Crippen LogP contribution < -0.4 is 0 Å². The maximum absolute atomic E-state index is 12.0. The molecule has 1 saturated heterocycles. The monoisotopic (exact) mass is 200 g/mol. The summed E-state index contributed by atoms with van der Waals surface area (Å²) < 4.78 is 45.6. The second kappa shape index (κ2) is 3.11. The predicted molar refractivity (Wildman–Crippen MR) is 37.0 cm³/mol. The van der Waals surface area contributed by atoms with Gasteiger partial charge in [0.15, 0.2) is 11.9 Å². The first-order valence-electron chi connectivity index (χ1n) is 3.79. The lowest BCUT2D eigenvalue weighted by Crippen LogP contribution is -2.41. The molecule has 0 aromatic carbocycles. The van der Waals surface area contributed by atoms with Gasteiger partial charge in [0.1, 0.15) is 6.10 Å². The summed E-state index contributed by atoms with van der Waals surface area (Å²) in [5, 5.41) is 8.79. The van der Waals surface area contributed by atoms with Crippen molar-refractivity contribution in [3.8, 4) is 0 Å². The normalized spacial score (nSPS) is 30.5. The van der Waals surface area contributed by atoms with Gasteiger partial charge >= 0.3 is 6.18 Å². The zero-order valence-corrected chi connectivity index (χ0v) is 7.26. The third-order valence-electron chi connectivity index (χ3n) is 1.72. The fourth-order valence-corrected chi connectivity index (χ4v) is 1.08. The Bertz CT molecular complexity index is 190. The highest BCUT2D eigenvalue weighted by molar-refractivity contribution is 4.81. The lowest BCUT2D eigenvalue weighted by atomic mass is 10.2. The van der Waals surface area contributed by atoms with Gasteiger partial charge in [-0.05, 0) is 13.8 Å². The highest BCUT2D eigenvalue weighted by Gasteiger charge is 2.49. The fourth-order valence-electron chi connectivity index (χ4n) is 1.08. The first-order chi connectivity index (χ1) is 5.72. The molecule has 0 aliphatic carbocycles. The van der Waals surface area contributed by atoms with Gasteiger partial charge in [0.25, 0.3) is 0 Å². The van der Waals surface area contributed by atoms with Crippen molar-refractivity contribution in [1.29, 1.82) is 0 Å². The highest BCUT2D eigenvalue weighted by Crippen LogP contribution is 2.31. The molecule has 6 heteroatoms. The molecule has 0 bridgehead atoms. The van der Waals surface area contributed by atoms with E-state index in [-0.39, 0.29) is 6.61 Å². The van der Waals surface area contributed by atoms with E-state index in [0.29, 0.717) is 0 Å². The van der Waals surface area contributed by atoms with Crippen LogP contribution >= 0.6 is 0 Å². The van der Waals surface area contributed by atoms with E-state index in [1.165, 1.54) is 13.8 Å². The number of hydrogen-bond acceptors (Lipinski definition) is 3. The maximum Gasteiger partial charge on any atom is 0.417 e. The van der Waals surface area contributed by atoms with Gasteiger partial charge in [-0.1, -0.05) is 0 Å². The maximum atomic E-state index is 12.0. The Balaban J connectivity index is 2.57. The van der Waals surface area contributed by atoms with E-state index < -0.39 is 24.2 Å². The Kier molecular flexibility index (Phi) is 2.57. The number of aliphatic hydroxyl groups excluding tert-OH is 1. The molecule has 13 heavy (non-hydrogen) atoms. The van der Waals surface area contributed by atoms with Crippen LogP contribution in [0.2, 0.25) is 0 Å². The van der Waals surface area contributed by atoms with Gasteiger partial charge in [0.2, 0.25) is 0 Å². The number of ether oxygens (including phenoxy) is 2. The standard InChI is InChI=1S/C7H11F3O3/c1-6(2)12-3-4(13-6)5(11)7(8,9)10/h4-5,11H,3H2,1-2H3/t4?,5-/m1/s1. The number of aliphatic hydroxyl groups is 1. The molecule has 3 nitrogen and oxygen atoms in total. The average molecular weight is 200 g/mol. The van der Waals surface area contributed by atoms with Crippen LogP contribution in [-0.2, 0) is 9.47 Å². The molecule has 0 amide bonds. The summed E-state index contributed by atoms with van der Waals surface area (Å²) in [7, 11) is 0. The highest BCUT2D eigenvalue weighted by atomic mass is 19.4. The Morgan fingerprint density at radius 1 is 1.46 bits per heavy atom. The molecule has 0 saturated carbocycles. The van der Waals surface area contributed by atoms with E-state index >= 15 is 0 Å². The van der Waals surface area contributed by atoms with E-state index in [9.17, 15) is 13.2 Å². The minimum absolute atomic E-state index is 0.242. The molecule has 1 aliphatic rings. The molecular weight excluding hydrogens is 189 g/mol. The van der Waals surface area contributed by atoms with Crippen molar-refractivity contribution in [3.05, 3.63) is 0 Å². The van der Waals surface area contributed by atoms with Crippen LogP contribution in [0.15, 0.2) is 0 Å². The molecule has 1 heterocycles. The minimum atomic E-state index is -4.66. The van der Waals surface area contributed by atoms with Gasteiger partial charge in [-0.15, -0.1) is 0 Å². The first-order valence-corrected chi connectivity index (χ1v) is 3.79. The molecule has 1 N–H and O–H groups in total. The summed E-state index contributed by atoms with van der Waals surface area (Å²) >= 11 is 0. The molecule has 2 atom stereocenters. The van der Waals surface area contributed by atoms with Crippen molar-refractivity contribution in [2.75, 3.05) is 6.61 Å². The molecular formula is C7H11F3O3.